The van der Waals surface area contributed by atoms with Crippen molar-refractivity contribution in [3.63, 3.8) is 0 Å². The summed E-state index contributed by atoms with van der Waals surface area (Å²) in [5.74, 6) is -23.8. The highest BCUT2D eigenvalue weighted by molar-refractivity contribution is 6.21. The number of rotatable bonds is 3. The van der Waals surface area contributed by atoms with Gasteiger partial charge in [0.25, 0.3) is 5.92 Å². The van der Waals surface area contributed by atoms with Crippen molar-refractivity contribution in [2.45, 2.75) is 12.8 Å². The van der Waals surface area contributed by atoms with Crippen molar-refractivity contribution in [1.82, 2.24) is 0 Å². The molecule has 0 aromatic heterocycles. The number of hydrogen-bond donors (Lipinski definition) is 0. The highest BCUT2D eigenvalue weighted by atomic mass is 19.3. The molecule has 0 aliphatic heterocycles. The van der Waals surface area contributed by atoms with Gasteiger partial charge in [0.15, 0.2) is 40.7 Å². The predicted octanol–water partition coefficient (Wildman–Crippen LogP) is 9.83. The second kappa shape index (κ2) is 9.17. The van der Waals surface area contributed by atoms with E-state index in [1.807, 2.05) is 0 Å². The van der Waals surface area contributed by atoms with Crippen LogP contribution in [0.1, 0.15) is 12.5 Å². The third kappa shape index (κ3) is 3.96. The van der Waals surface area contributed by atoms with Crippen LogP contribution < -0.4 is 0 Å². The molecule has 0 atom stereocenters. The molecule has 0 fully saturated rings. The van der Waals surface area contributed by atoms with Gasteiger partial charge in [0, 0.05) is 28.8 Å². The Morgan fingerprint density at radius 1 is 0.475 bits per heavy atom. The zero-order chi connectivity index (χ0) is 29.4. The van der Waals surface area contributed by atoms with E-state index in [9.17, 15) is 35.1 Å². The van der Waals surface area contributed by atoms with Crippen LogP contribution in [0.2, 0.25) is 0 Å². The van der Waals surface area contributed by atoms with Gasteiger partial charge in [-0.05, 0) is 52.7 Å². The average Bonchev–Trinajstić information content (AvgIpc) is 2.86. The van der Waals surface area contributed by atoms with E-state index in [4.69, 9.17) is 0 Å². The lowest BCUT2D eigenvalue weighted by Gasteiger charge is -2.21. The standard InChI is InChI=1S/C28H10F12/c1-28(39,40)22-26(37)24(35)21(25(36)27(22)38)18-11-3-2-10(29)8-12(11)17(9-6-15(32)23(34)16(33)7-9)19-13(30)4-5-14(31)20(18)19/h2-8H,1H3. The Hall–Kier alpha value is -4.22. The fraction of sp³-hybridized carbons (Fsp3) is 0.0714. The van der Waals surface area contributed by atoms with Crippen molar-refractivity contribution in [3.05, 3.63) is 106 Å². The normalized spacial score (nSPS) is 12.1. The highest BCUT2D eigenvalue weighted by Gasteiger charge is 2.39. The molecule has 0 N–H and O–H groups in total. The zero-order valence-electron chi connectivity index (χ0n) is 19.6. The summed E-state index contributed by atoms with van der Waals surface area (Å²) in [6.07, 6.45) is 0. The van der Waals surface area contributed by atoms with Gasteiger partial charge >= 0.3 is 0 Å². The molecule has 0 aliphatic rings. The first-order valence-corrected chi connectivity index (χ1v) is 11.1. The summed E-state index contributed by atoms with van der Waals surface area (Å²) in [6, 6.07) is 3.63. The maximum Gasteiger partial charge on any atom is 0.276 e. The SMILES string of the molecule is CC(F)(F)c1c(F)c(F)c(-c2c3ccc(F)cc3c(-c3cc(F)c(F)c(F)c3)c3c(F)ccc(F)c23)c(F)c1F. The van der Waals surface area contributed by atoms with Crippen LogP contribution >= 0.6 is 0 Å². The number of hydrogen-bond acceptors (Lipinski definition) is 0. The van der Waals surface area contributed by atoms with E-state index in [-0.39, 0.29) is 6.92 Å². The van der Waals surface area contributed by atoms with Gasteiger partial charge < -0.3 is 0 Å². The predicted molar refractivity (Wildman–Crippen MR) is 121 cm³/mol. The van der Waals surface area contributed by atoms with E-state index in [1.165, 1.54) is 0 Å². The Morgan fingerprint density at radius 2 is 0.975 bits per heavy atom. The van der Waals surface area contributed by atoms with Crippen molar-refractivity contribution in [2.75, 3.05) is 0 Å². The lowest BCUT2D eigenvalue weighted by molar-refractivity contribution is 0.00834. The molecular formula is C28H10F12. The van der Waals surface area contributed by atoms with Crippen LogP contribution in [0.15, 0.2) is 42.5 Å². The Bertz CT molecular complexity index is 1830. The zero-order valence-corrected chi connectivity index (χ0v) is 19.6. The van der Waals surface area contributed by atoms with Crippen molar-refractivity contribution in [2.24, 2.45) is 0 Å². The van der Waals surface area contributed by atoms with Crippen LogP contribution in [-0.4, -0.2) is 0 Å². The van der Waals surface area contributed by atoms with Gasteiger partial charge in [-0.3, -0.25) is 0 Å². The molecule has 5 aromatic rings. The van der Waals surface area contributed by atoms with Crippen LogP contribution in [-0.2, 0) is 5.92 Å². The fourth-order valence-electron chi connectivity index (χ4n) is 4.75. The molecule has 0 radical (unpaired) electrons. The van der Waals surface area contributed by atoms with Crippen molar-refractivity contribution in [3.8, 4) is 22.3 Å². The second-order valence-corrected chi connectivity index (χ2v) is 8.87. The third-order valence-electron chi connectivity index (χ3n) is 6.35. The minimum absolute atomic E-state index is 0.0363. The maximum atomic E-state index is 15.4. The molecule has 0 saturated carbocycles. The Morgan fingerprint density at radius 3 is 1.48 bits per heavy atom. The lowest BCUT2D eigenvalue weighted by atomic mass is 9.84. The first kappa shape index (κ1) is 27.4. The first-order valence-electron chi connectivity index (χ1n) is 11.1. The summed E-state index contributed by atoms with van der Waals surface area (Å²) >= 11 is 0. The average molecular weight is 574 g/mol. The Balaban J connectivity index is 2.10. The molecule has 0 heterocycles. The van der Waals surface area contributed by atoms with Crippen molar-refractivity contribution >= 4 is 21.5 Å². The van der Waals surface area contributed by atoms with Crippen LogP contribution in [0.5, 0.6) is 0 Å². The topological polar surface area (TPSA) is 0 Å². The summed E-state index contributed by atoms with van der Waals surface area (Å²) in [7, 11) is 0. The van der Waals surface area contributed by atoms with Gasteiger partial charge in [-0.25, -0.2) is 52.7 Å². The van der Waals surface area contributed by atoms with E-state index in [2.05, 4.69) is 0 Å². The molecule has 0 unspecified atom stereocenters. The summed E-state index contributed by atoms with van der Waals surface area (Å²) in [5, 5.41) is -3.34. The minimum atomic E-state index is -4.42. The molecule has 206 valence electrons. The van der Waals surface area contributed by atoms with Gasteiger partial charge in [0.2, 0.25) is 0 Å². The van der Waals surface area contributed by atoms with Gasteiger partial charge in [-0.15, -0.1) is 0 Å². The second-order valence-electron chi connectivity index (χ2n) is 8.87. The molecular weight excluding hydrogens is 564 g/mol. The van der Waals surface area contributed by atoms with Crippen LogP contribution in [0, 0.1) is 58.2 Å². The van der Waals surface area contributed by atoms with Crippen molar-refractivity contribution in [1.29, 1.82) is 0 Å². The molecule has 0 spiro atoms. The quantitative estimate of drug-likeness (QED) is 0.0871. The molecule has 12 heteroatoms. The van der Waals surface area contributed by atoms with E-state index >= 15 is 17.6 Å². The highest BCUT2D eigenvalue weighted by Crippen LogP contribution is 2.48. The Kier molecular flexibility index (Phi) is 6.27. The van der Waals surface area contributed by atoms with E-state index in [0.717, 1.165) is 6.07 Å². The molecule has 0 saturated heterocycles. The smallest absolute Gasteiger partial charge is 0.207 e. The minimum Gasteiger partial charge on any atom is -0.207 e. The number of benzene rings is 5. The van der Waals surface area contributed by atoms with Gasteiger partial charge in [0.1, 0.15) is 17.5 Å². The maximum absolute atomic E-state index is 15.4. The summed E-state index contributed by atoms with van der Waals surface area (Å²) in [5.41, 5.74) is -6.48. The summed E-state index contributed by atoms with van der Waals surface area (Å²) in [6.45, 7) is -0.0363. The summed E-state index contributed by atoms with van der Waals surface area (Å²) in [4.78, 5) is 0. The molecule has 0 amide bonds. The molecule has 0 bridgehead atoms. The van der Waals surface area contributed by atoms with Crippen LogP contribution in [0.4, 0.5) is 52.7 Å². The third-order valence-corrected chi connectivity index (χ3v) is 6.35. The number of halogens is 12. The fourth-order valence-corrected chi connectivity index (χ4v) is 4.75. The molecule has 40 heavy (non-hydrogen) atoms. The summed E-state index contributed by atoms with van der Waals surface area (Å²) < 4.78 is 175. The monoisotopic (exact) mass is 574 g/mol. The van der Waals surface area contributed by atoms with Gasteiger partial charge in [-0.1, -0.05) is 6.07 Å². The van der Waals surface area contributed by atoms with E-state index in [1.54, 1.807) is 0 Å². The molecule has 0 nitrogen and oxygen atoms in total. The lowest BCUT2D eigenvalue weighted by Crippen LogP contribution is -2.17. The number of fused-ring (bicyclic) bond motifs is 2. The largest absolute Gasteiger partial charge is 0.276 e. The van der Waals surface area contributed by atoms with E-state index in [0.29, 0.717) is 36.4 Å². The van der Waals surface area contributed by atoms with Crippen LogP contribution in [0.25, 0.3) is 43.8 Å². The molecule has 0 aliphatic carbocycles. The Labute approximate surface area is 216 Å². The number of alkyl halides is 2. The first-order chi connectivity index (χ1) is 18.6. The van der Waals surface area contributed by atoms with E-state index < -0.39 is 113 Å². The molecule has 5 aromatic carbocycles. The van der Waals surface area contributed by atoms with Crippen LogP contribution in [0.3, 0.4) is 0 Å². The van der Waals surface area contributed by atoms with Gasteiger partial charge in [0.05, 0.1) is 11.1 Å². The van der Waals surface area contributed by atoms with Gasteiger partial charge in [-0.2, -0.15) is 0 Å². The molecule has 5 rings (SSSR count). The van der Waals surface area contributed by atoms with Crippen molar-refractivity contribution < 1.29 is 52.7 Å².